The first-order valence-corrected chi connectivity index (χ1v) is 7.22. The average Bonchev–Trinajstić information content (AvgIpc) is 3.17. The first-order valence-electron chi connectivity index (χ1n) is 6.43. The van der Waals surface area contributed by atoms with E-state index in [4.69, 9.17) is 0 Å². The van der Waals surface area contributed by atoms with Crippen molar-refractivity contribution in [2.75, 3.05) is 4.90 Å². The Morgan fingerprint density at radius 2 is 2.11 bits per heavy atom. The summed E-state index contributed by atoms with van der Waals surface area (Å²) in [5, 5.41) is 10.1. The molecule has 3 nitrogen and oxygen atoms in total. The summed E-state index contributed by atoms with van der Waals surface area (Å²) in [5.41, 5.74) is 1.79. The van der Waals surface area contributed by atoms with Crippen LogP contribution >= 0.6 is 15.9 Å². The lowest BCUT2D eigenvalue weighted by molar-refractivity contribution is -0.120. The second-order valence-corrected chi connectivity index (χ2v) is 6.12. The van der Waals surface area contributed by atoms with Gasteiger partial charge >= 0.3 is 0 Å². The number of aromatic hydroxyl groups is 1. The third kappa shape index (κ3) is 1.83. The van der Waals surface area contributed by atoms with Gasteiger partial charge in [0.1, 0.15) is 5.75 Å². The topological polar surface area (TPSA) is 40.5 Å². The maximum atomic E-state index is 12.4. The molecule has 2 aliphatic rings. The summed E-state index contributed by atoms with van der Waals surface area (Å²) in [6.07, 6.45) is 3.77. The highest BCUT2D eigenvalue weighted by Gasteiger charge is 2.38. The van der Waals surface area contributed by atoms with Gasteiger partial charge < -0.3 is 10.0 Å². The van der Waals surface area contributed by atoms with E-state index in [0.717, 1.165) is 36.9 Å². The van der Waals surface area contributed by atoms with Gasteiger partial charge in [0, 0.05) is 17.5 Å². The number of carbonyl (C=O) groups is 1. The first-order chi connectivity index (χ1) is 8.59. The smallest absolute Gasteiger partial charge is 0.230 e. The van der Waals surface area contributed by atoms with Gasteiger partial charge in [-0.3, -0.25) is 4.79 Å². The number of fused-ring (bicyclic) bond motifs is 1. The van der Waals surface area contributed by atoms with E-state index in [1.807, 2.05) is 17.0 Å². The zero-order valence-electron chi connectivity index (χ0n) is 10.3. The van der Waals surface area contributed by atoms with E-state index < -0.39 is 0 Å². The maximum Gasteiger partial charge on any atom is 0.230 e. The number of nitrogens with zero attached hydrogens (tertiary/aromatic N) is 1. The van der Waals surface area contributed by atoms with E-state index in [2.05, 4.69) is 22.9 Å². The molecule has 18 heavy (non-hydrogen) atoms. The van der Waals surface area contributed by atoms with E-state index in [9.17, 15) is 9.90 Å². The summed E-state index contributed by atoms with van der Waals surface area (Å²) in [6.45, 7) is 2.09. The monoisotopic (exact) mass is 309 g/mol. The van der Waals surface area contributed by atoms with Crippen LogP contribution in [-0.4, -0.2) is 17.1 Å². The minimum atomic E-state index is 0.212. The van der Waals surface area contributed by atoms with E-state index in [1.54, 1.807) is 0 Å². The minimum Gasteiger partial charge on any atom is -0.506 e. The molecule has 1 aliphatic heterocycles. The summed E-state index contributed by atoms with van der Waals surface area (Å²) in [5.74, 6) is 0.724. The molecular weight excluding hydrogens is 294 g/mol. The average molecular weight is 310 g/mol. The number of phenolic OH excluding ortho intramolecular Hbond substituents is 1. The Labute approximate surface area is 115 Å². The fourth-order valence-electron chi connectivity index (χ4n) is 2.65. The number of benzene rings is 1. The molecule has 1 heterocycles. The van der Waals surface area contributed by atoms with Gasteiger partial charge in [0.2, 0.25) is 5.91 Å². The number of hydrogen-bond acceptors (Lipinski definition) is 2. The Hall–Kier alpha value is -1.03. The molecule has 96 valence electrons. The van der Waals surface area contributed by atoms with Gasteiger partial charge in [-0.05, 0) is 60.7 Å². The van der Waals surface area contributed by atoms with Crippen LogP contribution in [0.5, 0.6) is 5.75 Å². The number of halogens is 1. The Bertz CT molecular complexity index is 511. The van der Waals surface area contributed by atoms with Crippen molar-refractivity contribution in [2.45, 2.75) is 38.6 Å². The van der Waals surface area contributed by atoms with Crippen molar-refractivity contribution >= 4 is 27.5 Å². The number of carbonyl (C=O) groups excluding carboxylic acids is 1. The lowest BCUT2D eigenvalue weighted by Gasteiger charge is -2.36. The van der Waals surface area contributed by atoms with E-state index in [0.29, 0.717) is 4.47 Å². The molecule has 1 N–H and O–H groups in total. The maximum absolute atomic E-state index is 12.4. The second-order valence-electron chi connectivity index (χ2n) is 5.26. The van der Waals surface area contributed by atoms with Crippen LogP contribution < -0.4 is 4.90 Å². The van der Waals surface area contributed by atoms with Crippen LogP contribution in [-0.2, 0) is 11.2 Å². The van der Waals surface area contributed by atoms with Gasteiger partial charge in [-0.2, -0.15) is 0 Å². The Kier molecular flexibility index (Phi) is 2.85. The van der Waals surface area contributed by atoms with Gasteiger partial charge in [0.25, 0.3) is 0 Å². The van der Waals surface area contributed by atoms with Gasteiger partial charge in [-0.15, -0.1) is 0 Å². The molecular formula is C14H16BrNO2. The summed E-state index contributed by atoms with van der Waals surface area (Å²) < 4.78 is 0.703. The van der Waals surface area contributed by atoms with Crippen molar-refractivity contribution in [3.63, 3.8) is 0 Å². The van der Waals surface area contributed by atoms with Crippen LogP contribution in [0.3, 0.4) is 0 Å². The predicted octanol–water partition coefficient (Wildman–Crippen LogP) is 3.23. The van der Waals surface area contributed by atoms with E-state index >= 15 is 0 Å². The minimum absolute atomic E-state index is 0.212. The molecule has 0 bridgehead atoms. The normalized spacial score (nSPS) is 22.8. The molecule has 0 radical (unpaired) electrons. The molecule has 0 spiro atoms. The van der Waals surface area contributed by atoms with Crippen LogP contribution in [0.25, 0.3) is 0 Å². The third-order valence-corrected chi connectivity index (χ3v) is 4.53. The van der Waals surface area contributed by atoms with Crippen LogP contribution in [0.15, 0.2) is 16.6 Å². The van der Waals surface area contributed by atoms with Crippen LogP contribution in [0.1, 0.15) is 31.7 Å². The molecule has 0 aromatic heterocycles. The standard InChI is InChI=1S/C14H16BrNO2/c1-8-2-5-10-12(7-6-11(15)13(10)17)16(8)14(18)9-3-4-9/h6-9,17H,2-5H2,1H3/t8-/m0/s1. The first kappa shape index (κ1) is 12.0. The van der Waals surface area contributed by atoms with E-state index in [1.165, 1.54) is 0 Å². The molecule has 1 aromatic carbocycles. The van der Waals surface area contributed by atoms with E-state index in [-0.39, 0.29) is 23.6 Å². The molecule has 1 atom stereocenters. The fraction of sp³-hybridized carbons (Fsp3) is 0.500. The highest BCUT2D eigenvalue weighted by Crippen LogP contribution is 2.42. The van der Waals surface area contributed by atoms with Gasteiger partial charge in [0.05, 0.1) is 10.2 Å². The molecule has 1 fully saturated rings. The quantitative estimate of drug-likeness (QED) is 0.865. The SMILES string of the molecule is C[C@H]1CCc2c(ccc(Br)c2O)N1C(=O)C1CC1. The summed E-state index contributed by atoms with van der Waals surface area (Å²) >= 11 is 3.33. The van der Waals surface area contributed by atoms with Crippen LogP contribution in [0.2, 0.25) is 0 Å². The number of anilines is 1. The van der Waals surface area contributed by atoms with Crippen molar-refractivity contribution in [3.8, 4) is 5.75 Å². The summed E-state index contributed by atoms with van der Waals surface area (Å²) in [6, 6.07) is 3.99. The Morgan fingerprint density at radius 1 is 1.39 bits per heavy atom. The molecule has 1 aromatic rings. The number of phenols is 1. The lowest BCUT2D eigenvalue weighted by atomic mass is 9.95. The zero-order valence-corrected chi connectivity index (χ0v) is 11.9. The number of amides is 1. The van der Waals surface area contributed by atoms with Gasteiger partial charge in [-0.25, -0.2) is 0 Å². The molecule has 3 rings (SSSR count). The molecule has 4 heteroatoms. The summed E-state index contributed by atoms with van der Waals surface area (Å²) in [7, 11) is 0. The highest BCUT2D eigenvalue weighted by molar-refractivity contribution is 9.10. The highest BCUT2D eigenvalue weighted by atomic mass is 79.9. The summed E-state index contributed by atoms with van der Waals surface area (Å²) in [4.78, 5) is 14.3. The molecule has 0 saturated heterocycles. The number of rotatable bonds is 1. The molecule has 1 aliphatic carbocycles. The van der Waals surface area contributed by atoms with Crippen LogP contribution in [0.4, 0.5) is 5.69 Å². The van der Waals surface area contributed by atoms with Crippen molar-refractivity contribution in [2.24, 2.45) is 5.92 Å². The fourth-order valence-corrected chi connectivity index (χ4v) is 3.02. The van der Waals surface area contributed by atoms with Gasteiger partial charge in [0.15, 0.2) is 0 Å². The Morgan fingerprint density at radius 3 is 2.78 bits per heavy atom. The Balaban J connectivity index is 2.06. The van der Waals surface area contributed by atoms with Crippen LogP contribution in [0, 0.1) is 5.92 Å². The lowest BCUT2D eigenvalue weighted by Crippen LogP contribution is -2.43. The molecule has 1 saturated carbocycles. The van der Waals surface area contributed by atoms with Crippen molar-refractivity contribution in [3.05, 3.63) is 22.2 Å². The molecule has 0 unspecified atom stereocenters. The van der Waals surface area contributed by atoms with Crippen molar-refractivity contribution in [1.82, 2.24) is 0 Å². The van der Waals surface area contributed by atoms with Crippen molar-refractivity contribution in [1.29, 1.82) is 0 Å². The van der Waals surface area contributed by atoms with Gasteiger partial charge in [-0.1, -0.05) is 0 Å². The van der Waals surface area contributed by atoms with Crippen molar-refractivity contribution < 1.29 is 9.90 Å². The zero-order chi connectivity index (χ0) is 12.9. The largest absolute Gasteiger partial charge is 0.506 e. The number of hydrogen-bond donors (Lipinski definition) is 1. The second kappa shape index (κ2) is 4.26. The predicted molar refractivity (Wildman–Crippen MR) is 73.8 cm³/mol. The molecule has 1 amide bonds. The third-order valence-electron chi connectivity index (χ3n) is 3.89.